The minimum Gasteiger partial charge on any atom is -0.493 e. The summed E-state index contributed by atoms with van der Waals surface area (Å²) in [5, 5.41) is 3.21. The van der Waals surface area contributed by atoms with Gasteiger partial charge in [-0.25, -0.2) is 4.39 Å². The molecule has 40 heavy (non-hydrogen) atoms. The minimum absolute atomic E-state index is 0.0346. The van der Waals surface area contributed by atoms with E-state index in [-0.39, 0.29) is 18.0 Å². The molecule has 1 amide bonds. The summed E-state index contributed by atoms with van der Waals surface area (Å²) in [5.74, 6) is 0.155. The van der Waals surface area contributed by atoms with Gasteiger partial charge in [0.2, 0.25) is 5.91 Å². The molecule has 0 atom stereocenters. The van der Waals surface area contributed by atoms with Gasteiger partial charge in [-0.2, -0.15) is 13.2 Å². The monoisotopic (exact) mass is 557 g/mol. The Balaban J connectivity index is 1.37. The fraction of sp³-hybridized carbons (Fsp3) is 0.241. The molecule has 0 aliphatic carbocycles. The third-order valence-electron chi connectivity index (χ3n) is 6.09. The lowest BCUT2D eigenvalue weighted by Crippen LogP contribution is -2.31. The number of methoxy groups -OCH3 is 2. The molecule has 0 aliphatic rings. The predicted octanol–water partition coefficient (Wildman–Crippen LogP) is 6.32. The summed E-state index contributed by atoms with van der Waals surface area (Å²) in [5.41, 5.74) is 0.597. The number of anilines is 1. The van der Waals surface area contributed by atoms with Gasteiger partial charge in [0.25, 0.3) is 0 Å². The molecule has 0 fully saturated rings. The van der Waals surface area contributed by atoms with Crippen LogP contribution in [0.4, 0.5) is 23.2 Å². The molecule has 210 valence electrons. The lowest BCUT2D eigenvalue weighted by molar-refractivity contribution is -0.137. The van der Waals surface area contributed by atoms with Crippen LogP contribution >= 0.6 is 0 Å². The molecule has 0 radical (unpaired) electrons. The largest absolute Gasteiger partial charge is 0.493 e. The number of amides is 1. The van der Waals surface area contributed by atoms with Gasteiger partial charge in [-0.15, -0.1) is 0 Å². The molecule has 0 saturated carbocycles. The van der Waals surface area contributed by atoms with Crippen LogP contribution in [0.25, 0.3) is 10.9 Å². The second-order valence-electron chi connectivity index (χ2n) is 9.01. The number of halogens is 4. The van der Waals surface area contributed by atoms with E-state index in [4.69, 9.17) is 14.2 Å². The third kappa shape index (κ3) is 6.97. The van der Waals surface area contributed by atoms with Crippen molar-refractivity contribution in [1.82, 2.24) is 9.88 Å². The van der Waals surface area contributed by atoms with E-state index in [9.17, 15) is 22.4 Å². The summed E-state index contributed by atoms with van der Waals surface area (Å²) in [7, 11) is 4.69. The lowest BCUT2D eigenvalue weighted by Gasteiger charge is -2.17. The number of aromatic nitrogens is 1. The number of alkyl halides is 3. The van der Waals surface area contributed by atoms with Crippen molar-refractivity contribution in [3.8, 4) is 23.0 Å². The van der Waals surface area contributed by atoms with E-state index in [0.717, 1.165) is 18.2 Å². The highest BCUT2D eigenvalue weighted by Crippen LogP contribution is 2.37. The Kier molecular flexibility index (Phi) is 8.73. The number of nitrogens with zero attached hydrogens (tertiary/aromatic N) is 2. The molecule has 7 nitrogen and oxygen atoms in total. The van der Waals surface area contributed by atoms with Gasteiger partial charge in [0.05, 0.1) is 31.8 Å². The number of likely N-dealkylation sites (N-methyl/N-ethyl adjacent to an activating group) is 1. The highest BCUT2D eigenvalue weighted by atomic mass is 19.4. The zero-order valence-electron chi connectivity index (χ0n) is 22.0. The van der Waals surface area contributed by atoms with Gasteiger partial charge in [0.1, 0.15) is 5.75 Å². The molecule has 3 aromatic carbocycles. The molecule has 0 bridgehead atoms. The average molecular weight is 558 g/mol. The van der Waals surface area contributed by atoms with Crippen LogP contribution in [0.15, 0.2) is 66.9 Å². The maximum atomic E-state index is 14.9. The summed E-state index contributed by atoms with van der Waals surface area (Å²) < 4.78 is 70.1. The van der Waals surface area contributed by atoms with Gasteiger partial charge in [0.15, 0.2) is 23.1 Å². The summed E-state index contributed by atoms with van der Waals surface area (Å²) in [6.07, 6.45) is -2.55. The molecule has 4 aromatic rings. The molecule has 0 unspecified atom stereocenters. The number of pyridine rings is 1. The van der Waals surface area contributed by atoms with E-state index in [1.807, 2.05) is 0 Å². The van der Waals surface area contributed by atoms with Crippen molar-refractivity contribution in [2.24, 2.45) is 0 Å². The highest BCUT2D eigenvalue weighted by Gasteiger charge is 2.30. The maximum Gasteiger partial charge on any atom is 0.416 e. The van der Waals surface area contributed by atoms with Gasteiger partial charge in [-0.3, -0.25) is 14.7 Å². The molecule has 4 rings (SSSR count). The second kappa shape index (κ2) is 12.2. The molecule has 0 saturated heterocycles. The lowest BCUT2D eigenvalue weighted by atomic mass is 10.1. The molecule has 1 heterocycles. The molecular weight excluding hydrogens is 530 g/mol. The first kappa shape index (κ1) is 28.6. The number of carbonyl (C=O) groups excluding carboxylic acids is 1. The smallest absolute Gasteiger partial charge is 0.416 e. The predicted molar refractivity (Wildman–Crippen MR) is 143 cm³/mol. The van der Waals surface area contributed by atoms with Gasteiger partial charge in [0, 0.05) is 35.9 Å². The number of hydrogen-bond acceptors (Lipinski definition) is 6. The molecular formula is C29H27F4N3O4. The Morgan fingerprint density at radius 3 is 2.40 bits per heavy atom. The molecule has 11 heteroatoms. The van der Waals surface area contributed by atoms with E-state index in [2.05, 4.69) is 10.3 Å². The van der Waals surface area contributed by atoms with Crippen LogP contribution in [-0.4, -0.2) is 50.1 Å². The van der Waals surface area contributed by atoms with Crippen LogP contribution in [0.2, 0.25) is 0 Å². The van der Waals surface area contributed by atoms with Crippen LogP contribution < -0.4 is 19.5 Å². The Bertz CT molecular complexity index is 1510. The van der Waals surface area contributed by atoms with Crippen LogP contribution in [-0.2, 0) is 17.4 Å². The van der Waals surface area contributed by atoms with Gasteiger partial charge < -0.3 is 19.5 Å². The first-order chi connectivity index (χ1) is 19.1. The van der Waals surface area contributed by atoms with E-state index in [0.29, 0.717) is 46.7 Å². The maximum absolute atomic E-state index is 14.9. The van der Waals surface area contributed by atoms with Crippen LogP contribution in [0, 0.1) is 5.82 Å². The van der Waals surface area contributed by atoms with E-state index < -0.39 is 23.5 Å². The first-order valence-corrected chi connectivity index (χ1v) is 12.2. The number of ether oxygens (including phenoxy) is 3. The Morgan fingerprint density at radius 1 is 0.950 bits per heavy atom. The van der Waals surface area contributed by atoms with Crippen molar-refractivity contribution in [3.63, 3.8) is 0 Å². The number of fused-ring (bicyclic) bond motifs is 1. The quantitative estimate of drug-likeness (QED) is 0.230. The summed E-state index contributed by atoms with van der Waals surface area (Å²) in [6, 6.07) is 14.1. The fourth-order valence-electron chi connectivity index (χ4n) is 4.06. The fourth-order valence-corrected chi connectivity index (χ4v) is 4.06. The average Bonchev–Trinajstić information content (AvgIpc) is 2.92. The SMILES string of the molecule is COc1cc2nccc(Oc3ccc(NC(=O)CN(C)CCc4cccc(C(F)(F)F)c4)cc3F)c2cc1OC. The number of nitrogens with one attached hydrogen (secondary N) is 1. The van der Waals surface area contributed by atoms with Crippen molar-refractivity contribution >= 4 is 22.5 Å². The van der Waals surface area contributed by atoms with Crippen molar-refractivity contribution in [2.45, 2.75) is 12.6 Å². The first-order valence-electron chi connectivity index (χ1n) is 12.2. The summed E-state index contributed by atoms with van der Waals surface area (Å²) in [4.78, 5) is 18.4. The minimum atomic E-state index is -4.41. The topological polar surface area (TPSA) is 72.9 Å². The van der Waals surface area contributed by atoms with Crippen LogP contribution in [0.1, 0.15) is 11.1 Å². The third-order valence-corrected chi connectivity index (χ3v) is 6.09. The van der Waals surface area contributed by atoms with Crippen molar-refractivity contribution in [2.75, 3.05) is 39.7 Å². The van der Waals surface area contributed by atoms with E-state index in [1.54, 1.807) is 36.2 Å². The molecule has 0 spiro atoms. The van der Waals surface area contributed by atoms with Crippen molar-refractivity contribution in [3.05, 3.63) is 83.8 Å². The summed E-state index contributed by atoms with van der Waals surface area (Å²) in [6.45, 7) is 0.319. The zero-order chi connectivity index (χ0) is 28.9. The zero-order valence-corrected chi connectivity index (χ0v) is 22.0. The molecule has 0 aliphatic heterocycles. The Labute approximate surface area is 228 Å². The number of rotatable bonds is 10. The van der Waals surface area contributed by atoms with E-state index in [1.165, 1.54) is 38.6 Å². The number of carbonyl (C=O) groups is 1. The van der Waals surface area contributed by atoms with Crippen LogP contribution in [0.5, 0.6) is 23.0 Å². The number of hydrogen-bond donors (Lipinski definition) is 1. The van der Waals surface area contributed by atoms with Gasteiger partial charge in [-0.1, -0.05) is 18.2 Å². The van der Waals surface area contributed by atoms with Crippen molar-refractivity contribution < 1.29 is 36.6 Å². The second-order valence-corrected chi connectivity index (χ2v) is 9.01. The normalized spacial score (nSPS) is 11.5. The standard InChI is InChI=1S/C29H27F4N3O4/c1-36(12-10-18-5-4-6-19(13-18)29(31,32)33)17-28(37)35-20-7-8-25(22(30)14-20)40-24-9-11-34-23-16-27(39-3)26(38-2)15-21(23)24/h4-9,11,13-16H,10,12,17H2,1-3H3,(H,35,37). The Morgan fingerprint density at radius 2 is 1.70 bits per heavy atom. The molecule has 1 N–H and O–H groups in total. The van der Waals surface area contributed by atoms with Gasteiger partial charge in [-0.05, 0) is 49.4 Å². The van der Waals surface area contributed by atoms with Crippen LogP contribution in [0.3, 0.4) is 0 Å². The number of benzene rings is 3. The highest BCUT2D eigenvalue weighted by molar-refractivity contribution is 5.92. The van der Waals surface area contributed by atoms with Crippen molar-refractivity contribution in [1.29, 1.82) is 0 Å². The Hall–Kier alpha value is -4.38. The van der Waals surface area contributed by atoms with Gasteiger partial charge >= 0.3 is 6.18 Å². The van der Waals surface area contributed by atoms with E-state index >= 15 is 0 Å². The molecule has 1 aromatic heterocycles. The summed E-state index contributed by atoms with van der Waals surface area (Å²) >= 11 is 0.